The molecule has 0 amide bonds. The number of aromatic nitrogens is 2. The Morgan fingerprint density at radius 1 is 1.39 bits per heavy atom. The lowest BCUT2D eigenvalue weighted by Gasteiger charge is -2.07. The fraction of sp³-hybridized carbons (Fsp3) is 0.308. The molecule has 0 aliphatic rings. The summed E-state index contributed by atoms with van der Waals surface area (Å²) < 4.78 is 1.88. The summed E-state index contributed by atoms with van der Waals surface area (Å²) >= 11 is 5.84. The van der Waals surface area contributed by atoms with Gasteiger partial charge in [0.05, 0.1) is 5.02 Å². The molecule has 0 saturated heterocycles. The number of phenols is 1. The molecule has 2 rings (SSSR count). The molecule has 0 bridgehead atoms. The molecule has 1 aromatic heterocycles. The van der Waals surface area contributed by atoms with Crippen molar-refractivity contribution >= 4 is 17.4 Å². The Balaban J connectivity index is 2.04. The van der Waals surface area contributed by atoms with Crippen LogP contribution in [0.1, 0.15) is 25.5 Å². The van der Waals surface area contributed by atoms with E-state index in [9.17, 15) is 5.11 Å². The molecule has 0 unspecified atom stereocenters. The molecule has 0 aliphatic heterocycles. The number of benzene rings is 1. The third-order valence-electron chi connectivity index (χ3n) is 2.67. The molecule has 2 N–H and O–H groups in total. The van der Waals surface area contributed by atoms with Crippen LogP contribution in [0.5, 0.6) is 5.75 Å². The van der Waals surface area contributed by atoms with Crippen LogP contribution in [0.25, 0.3) is 0 Å². The van der Waals surface area contributed by atoms with Crippen molar-refractivity contribution in [2.24, 2.45) is 0 Å². The van der Waals surface area contributed by atoms with E-state index in [0.29, 0.717) is 17.6 Å². The highest BCUT2D eigenvalue weighted by Crippen LogP contribution is 2.27. The Kier molecular flexibility index (Phi) is 3.77. The van der Waals surface area contributed by atoms with Crippen LogP contribution in [0.4, 0.5) is 5.82 Å². The van der Waals surface area contributed by atoms with Crippen LogP contribution >= 0.6 is 11.6 Å². The maximum absolute atomic E-state index is 9.77. The smallest absolute Gasteiger partial charge is 0.148 e. The second kappa shape index (κ2) is 5.31. The van der Waals surface area contributed by atoms with Crippen LogP contribution in [-0.4, -0.2) is 14.9 Å². The van der Waals surface area contributed by atoms with Crippen molar-refractivity contribution in [3.05, 3.63) is 41.0 Å². The number of halogens is 1. The van der Waals surface area contributed by atoms with Crippen LogP contribution in [-0.2, 0) is 6.54 Å². The molecule has 1 aromatic carbocycles. The van der Waals surface area contributed by atoms with Gasteiger partial charge in [0.25, 0.3) is 0 Å². The summed E-state index contributed by atoms with van der Waals surface area (Å²) in [6, 6.07) is 7.54. The molecular formula is C13H16ClN3O. The van der Waals surface area contributed by atoms with Gasteiger partial charge in [0.2, 0.25) is 0 Å². The highest BCUT2D eigenvalue weighted by atomic mass is 35.5. The minimum atomic E-state index is 0.120. The van der Waals surface area contributed by atoms with Crippen molar-refractivity contribution in [2.45, 2.75) is 26.4 Å². The van der Waals surface area contributed by atoms with Gasteiger partial charge in [0.1, 0.15) is 11.6 Å². The lowest BCUT2D eigenvalue weighted by molar-refractivity contribution is 0.469. The Morgan fingerprint density at radius 3 is 2.83 bits per heavy atom. The number of aromatic hydroxyl groups is 1. The van der Waals surface area contributed by atoms with Crippen LogP contribution < -0.4 is 5.32 Å². The predicted octanol–water partition coefficient (Wildman–Crippen LogP) is 3.44. The Hall–Kier alpha value is -1.68. The van der Waals surface area contributed by atoms with E-state index in [-0.39, 0.29) is 5.75 Å². The summed E-state index contributed by atoms with van der Waals surface area (Å²) in [5.74, 6) is 0.901. The molecule has 0 atom stereocenters. The highest BCUT2D eigenvalue weighted by molar-refractivity contribution is 6.32. The average Bonchev–Trinajstić information content (AvgIpc) is 2.80. The summed E-state index contributed by atoms with van der Waals surface area (Å²) in [6.45, 7) is 4.63. The molecule has 2 aromatic rings. The number of phenolic OH excluding ortho intramolecular Hbond substituents is 1. The molecular weight excluding hydrogens is 250 g/mol. The quantitative estimate of drug-likeness (QED) is 0.890. The summed E-state index contributed by atoms with van der Waals surface area (Å²) in [6.07, 6.45) is 1.92. The van der Waals surface area contributed by atoms with Gasteiger partial charge in [-0.1, -0.05) is 23.7 Å². The Morgan fingerprint density at radius 2 is 2.17 bits per heavy atom. The average molecular weight is 266 g/mol. The first-order chi connectivity index (χ1) is 8.58. The number of para-hydroxylation sites is 1. The minimum Gasteiger partial charge on any atom is -0.506 e. The molecule has 0 saturated carbocycles. The van der Waals surface area contributed by atoms with Crippen molar-refractivity contribution in [3.63, 3.8) is 0 Å². The molecule has 0 radical (unpaired) electrons. The zero-order valence-electron chi connectivity index (χ0n) is 10.4. The summed E-state index contributed by atoms with van der Waals surface area (Å²) in [7, 11) is 0. The maximum atomic E-state index is 9.77. The molecule has 4 nitrogen and oxygen atoms in total. The number of anilines is 1. The van der Waals surface area contributed by atoms with Gasteiger partial charge in [0, 0.05) is 30.4 Å². The number of rotatable bonds is 4. The SMILES string of the molecule is CC(C)n1ccc(NCc2cccc(Cl)c2O)n1. The number of nitrogens with zero attached hydrogens (tertiary/aromatic N) is 2. The van der Waals surface area contributed by atoms with Crippen molar-refractivity contribution in [1.82, 2.24) is 9.78 Å². The van der Waals surface area contributed by atoms with E-state index >= 15 is 0 Å². The van der Waals surface area contributed by atoms with Gasteiger partial charge in [0.15, 0.2) is 0 Å². The van der Waals surface area contributed by atoms with Crippen LogP contribution in [0, 0.1) is 0 Å². The number of hydrogen-bond donors (Lipinski definition) is 2. The fourth-order valence-corrected chi connectivity index (χ4v) is 1.80. The second-order valence-corrected chi connectivity index (χ2v) is 4.78. The molecule has 5 heteroatoms. The third kappa shape index (κ3) is 2.76. The summed E-state index contributed by atoms with van der Waals surface area (Å²) in [5, 5.41) is 17.7. The van der Waals surface area contributed by atoms with E-state index in [1.807, 2.05) is 29.1 Å². The van der Waals surface area contributed by atoms with Crippen LogP contribution in [0.15, 0.2) is 30.5 Å². The maximum Gasteiger partial charge on any atom is 0.148 e. The van der Waals surface area contributed by atoms with Crippen molar-refractivity contribution < 1.29 is 5.11 Å². The third-order valence-corrected chi connectivity index (χ3v) is 2.97. The van der Waals surface area contributed by atoms with E-state index in [1.54, 1.807) is 6.07 Å². The van der Waals surface area contributed by atoms with Gasteiger partial charge in [-0.3, -0.25) is 4.68 Å². The lowest BCUT2D eigenvalue weighted by Crippen LogP contribution is -2.04. The van der Waals surface area contributed by atoms with Crippen LogP contribution in [0.3, 0.4) is 0 Å². The van der Waals surface area contributed by atoms with E-state index in [2.05, 4.69) is 24.3 Å². The van der Waals surface area contributed by atoms with E-state index in [4.69, 9.17) is 11.6 Å². The van der Waals surface area contributed by atoms with E-state index in [0.717, 1.165) is 11.4 Å². The normalized spacial score (nSPS) is 10.9. The molecule has 96 valence electrons. The zero-order chi connectivity index (χ0) is 13.1. The standard InChI is InChI=1S/C13H16ClN3O/c1-9(2)17-7-6-12(16-17)15-8-10-4-3-5-11(14)13(10)18/h3-7,9,18H,8H2,1-2H3,(H,15,16). The van der Waals surface area contributed by atoms with Crippen molar-refractivity contribution in [2.75, 3.05) is 5.32 Å². The van der Waals surface area contributed by atoms with Gasteiger partial charge in [-0.15, -0.1) is 0 Å². The largest absolute Gasteiger partial charge is 0.506 e. The molecule has 0 aliphatic carbocycles. The van der Waals surface area contributed by atoms with Gasteiger partial charge in [-0.05, 0) is 19.9 Å². The minimum absolute atomic E-state index is 0.120. The van der Waals surface area contributed by atoms with Gasteiger partial charge < -0.3 is 10.4 Å². The Labute approximate surface area is 111 Å². The predicted molar refractivity (Wildman–Crippen MR) is 73.1 cm³/mol. The first-order valence-corrected chi connectivity index (χ1v) is 6.21. The van der Waals surface area contributed by atoms with Crippen LogP contribution in [0.2, 0.25) is 5.02 Å². The topological polar surface area (TPSA) is 50.1 Å². The lowest BCUT2D eigenvalue weighted by atomic mass is 10.2. The monoisotopic (exact) mass is 265 g/mol. The molecule has 18 heavy (non-hydrogen) atoms. The fourth-order valence-electron chi connectivity index (χ4n) is 1.61. The first kappa shape index (κ1) is 12.8. The summed E-state index contributed by atoms with van der Waals surface area (Å²) in [5.41, 5.74) is 0.751. The van der Waals surface area contributed by atoms with Gasteiger partial charge in [-0.25, -0.2) is 0 Å². The van der Waals surface area contributed by atoms with E-state index < -0.39 is 0 Å². The highest BCUT2D eigenvalue weighted by Gasteiger charge is 2.06. The number of nitrogens with one attached hydrogen (secondary N) is 1. The first-order valence-electron chi connectivity index (χ1n) is 5.83. The summed E-state index contributed by atoms with van der Waals surface area (Å²) in [4.78, 5) is 0. The van der Waals surface area contributed by atoms with E-state index in [1.165, 1.54) is 0 Å². The van der Waals surface area contributed by atoms with Gasteiger partial charge >= 0.3 is 0 Å². The number of hydrogen-bond acceptors (Lipinski definition) is 3. The van der Waals surface area contributed by atoms with Crippen molar-refractivity contribution in [3.8, 4) is 5.75 Å². The zero-order valence-corrected chi connectivity index (χ0v) is 11.1. The molecule has 0 fully saturated rings. The molecule has 0 spiro atoms. The molecule has 1 heterocycles. The second-order valence-electron chi connectivity index (χ2n) is 4.38. The van der Waals surface area contributed by atoms with Crippen molar-refractivity contribution in [1.29, 1.82) is 0 Å². The Bertz CT molecular complexity index is 537. The van der Waals surface area contributed by atoms with Gasteiger partial charge in [-0.2, -0.15) is 5.10 Å².